The first-order valence-electron chi connectivity index (χ1n) is 12.7. The third-order valence-corrected chi connectivity index (χ3v) is 5.71. The van der Waals surface area contributed by atoms with Crippen molar-refractivity contribution in [2.45, 2.75) is 136 Å². The quantitative estimate of drug-likeness (QED) is 0.237. The highest BCUT2D eigenvalue weighted by Gasteiger charge is 2.27. The first-order chi connectivity index (χ1) is 13.8. The monoisotopic (exact) mass is 397 g/mol. The SMILES string of the molecule is CC.CCCCCCCCCCCCCCCC(=O)N1CCCC1COCC. The van der Waals surface area contributed by atoms with Crippen molar-refractivity contribution in [2.24, 2.45) is 0 Å². The van der Waals surface area contributed by atoms with Crippen LogP contribution in [-0.4, -0.2) is 36.6 Å². The van der Waals surface area contributed by atoms with Crippen molar-refractivity contribution in [1.82, 2.24) is 4.90 Å². The molecule has 0 aliphatic carbocycles. The molecule has 1 aliphatic heterocycles. The van der Waals surface area contributed by atoms with Crippen molar-refractivity contribution in [1.29, 1.82) is 0 Å². The molecule has 3 nitrogen and oxygen atoms in total. The van der Waals surface area contributed by atoms with Gasteiger partial charge >= 0.3 is 0 Å². The molecule has 28 heavy (non-hydrogen) atoms. The average Bonchev–Trinajstić information content (AvgIpc) is 3.20. The second kappa shape index (κ2) is 21.1. The lowest BCUT2D eigenvalue weighted by Gasteiger charge is -2.24. The standard InChI is InChI=1S/C23H45NO2.C2H6/c1-3-5-6-7-8-9-10-11-12-13-14-15-16-19-23(25)24-20-17-18-22(24)21-26-4-2;1-2/h22H,3-21H2,1-2H3;1-2H3. The van der Waals surface area contributed by atoms with Crippen molar-refractivity contribution in [2.75, 3.05) is 19.8 Å². The molecule has 1 atom stereocenters. The maximum Gasteiger partial charge on any atom is 0.222 e. The molecular weight excluding hydrogens is 346 g/mol. The fourth-order valence-corrected chi connectivity index (χ4v) is 4.03. The molecule has 0 radical (unpaired) electrons. The average molecular weight is 398 g/mol. The Bertz CT molecular complexity index is 333. The van der Waals surface area contributed by atoms with Crippen LogP contribution in [-0.2, 0) is 9.53 Å². The van der Waals surface area contributed by atoms with E-state index in [0.29, 0.717) is 11.9 Å². The molecule has 1 saturated heterocycles. The molecule has 0 N–H and O–H groups in total. The lowest BCUT2D eigenvalue weighted by molar-refractivity contribution is -0.133. The number of ether oxygens (including phenoxy) is 1. The predicted octanol–water partition coefficient (Wildman–Crippen LogP) is 7.52. The Labute approximate surface area is 177 Å². The summed E-state index contributed by atoms with van der Waals surface area (Å²) in [7, 11) is 0. The van der Waals surface area contributed by atoms with E-state index in [2.05, 4.69) is 11.8 Å². The molecule has 1 rings (SSSR count). The Morgan fingerprint density at radius 1 is 0.821 bits per heavy atom. The number of hydrogen-bond donors (Lipinski definition) is 0. The van der Waals surface area contributed by atoms with E-state index in [1.165, 1.54) is 77.0 Å². The maximum atomic E-state index is 12.4. The second-order valence-electron chi connectivity index (χ2n) is 8.04. The number of carbonyl (C=O) groups excluding carboxylic acids is 1. The lowest BCUT2D eigenvalue weighted by atomic mass is 10.0. The van der Waals surface area contributed by atoms with Gasteiger partial charge in [-0.2, -0.15) is 0 Å². The number of hydrogen-bond acceptors (Lipinski definition) is 2. The van der Waals surface area contributed by atoms with E-state index in [1.807, 2.05) is 20.8 Å². The summed E-state index contributed by atoms with van der Waals surface area (Å²) in [5.41, 5.74) is 0. The number of nitrogens with zero attached hydrogens (tertiary/aromatic N) is 1. The predicted molar refractivity (Wildman–Crippen MR) is 123 cm³/mol. The topological polar surface area (TPSA) is 29.5 Å². The van der Waals surface area contributed by atoms with Gasteiger partial charge in [0.15, 0.2) is 0 Å². The van der Waals surface area contributed by atoms with Crippen molar-refractivity contribution in [3.05, 3.63) is 0 Å². The minimum absolute atomic E-state index is 0.337. The van der Waals surface area contributed by atoms with Gasteiger partial charge in [-0.25, -0.2) is 0 Å². The highest BCUT2D eigenvalue weighted by molar-refractivity contribution is 5.76. The molecule has 1 unspecified atom stereocenters. The summed E-state index contributed by atoms with van der Waals surface area (Å²) < 4.78 is 5.53. The molecule has 1 fully saturated rings. The summed E-state index contributed by atoms with van der Waals surface area (Å²) >= 11 is 0. The van der Waals surface area contributed by atoms with Crippen LogP contribution in [0.2, 0.25) is 0 Å². The zero-order valence-corrected chi connectivity index (χ0v) is 19.8. The Morgan fingerprint density at radius 2 is 1.32 bits per heavy atom. The zero-order valence-electron chi connectivity index (χ0n) is 19.8. The van der Waals surface area contributed by atoms with E-state index < -0.39 is 0 Å². The lowest BCUT2D eigenvalue weighted by Crippen LogP contribution is -2.38. The molecule has 0 aromatic heterocycles. The van der Waals surface area contributed by atoms with E-state index in [0.717, 1.165) is 45.4 Å². The number of rotatable bonds is 17. The molecule has 1 amide bonds. The van der Waals surface area contributed by atoms with Gasteiger partial charge in [-0.3, -0.25) is 4.79 Å². The Kier molecular flexibility index (Phi) is 20.7. The van der Waals surface area contributed by atoms with Gasteiger partial charge in [0.2, 0.25) is 5.91 Å². The summed E-state index contributed by atoms with van der Waals surface area (Å²) in [5, 5.41) is 0. The number of amides is 1. The Hall–Kier alpha value is -0.570. The molecule has 0 bridgehead atoms. The highest BCUT2D eigenvalue weighted by Crippen LogP contribution is 2.20. The molecule has 1 heterocycles. The number of carbonyl (C=O) groups is 1. The van der Waals surface area contributed by atoms with Crippen molar-refractivity contribution in [3.63, 3.8) is 0 Å². The molecule has 0 aromatic rings. The van der Waals surface area contributed by atoms with Crippen LogP contribution >= 0.6 is 0 Å². The van der Waals surface area contributed by atoms with Crippen LogP contribution < -0.4 is 0 Å². The third-order valence-electron chi connectivity index (χ3n) is 5.71. The van der Waals surface area contributed by atoms with Gasteiger partial charge in [-0.1, -0.05) is 97.8 Å². The van der Waals surface area contributed by atoms with Crippen LogP contribution in [0.15, 0.2) is 0 Å². The van der Waals surface area contributed by atoms with Crippen LogP contribution in [0.4, 0.5) is 0 Å². The largest absolute Gasteiger partial charge is 0.380 e. The van der Waals surface area contributed by atoms with E-state index in [-0.39, 0.29) is 0 Å². The first kappa shape index (κ1) is 27.4. The molecule has 0 saturated carbocycles. The highest BCUT2D eigenvalue weighted by atomic mass is 16.5. The fraction of sp³-hybridized carbons (Fsp3) is 0.960. The number of likely N-dealkylation sites (tertiary alicyclic amines) is 1. The van der Waals surface area contributed by atoms with Crippen LogP contribution in [0.3, 0.4) is 0 Å². The van der Waals surface area contributed by atoms with Gasteiger partial charge in [0.05, 0.1) is 12.6 Å². The van der Waals surface area contributed by atoms with Crippen molar-refractivity contribution in [3.8, 4) is 0 Å². The molecular formula is C25H51NO2. The molecule has 168 valence electrons. The summed E-state index contributed by atoms with van der Waals surface area (Å²) in [6, 6.07) is 0.337. The normalized spacial score (nSPS) is 16.1. The summed E-state index contributed by atoms with van der Waals surface area (Å²) in [6.45, 7) is 10.7. The minimum Gasteiger partial charge on any atom is -0.380 e. The van der Waals surface area contributed by atoms with Crippen LogP contribution in [0.1, 0.15) is 130 Å². The second-order valence-corrected chi connectivity index (χ2v) is 8.04. The summed E-state index contributed by atoms with van der Waals surface area (Å²) in [4.78, 5) is 14.5. The minimum atomic E-state index is 0.337. The van der Waals surface area contributed by atoms with E-state index in [4.69, 9.17) is 4.74 Å². The van der Waals surface area contributed by atoms with Gasteiger partial charge < -0.3 is 9.64 Å². The zero-order chi connectivity index (χ0) is 20.9. The fourth-order valence-electron chi connectivity index (χ4n) is 4.03. The van der Waals surface area contributed by atoms with Crippen LogP contribution in [0, 0.1) is 0 Å². The third kappa shape index (κ3) is 14.4. The number of unbranched alkanes of at least 4 members (excludes halogenated alkanes) is 12. The van der Waals surface area contributed by atoms with Crippen LogP contribution in [0.25, 0.3) is 0 Å². The van der Waals surface area contributed by atoms with E-state index in [1.54, 1.807) is 0 Å². The van der Waals surface area contributed by atoms with Crippen molar-refractivity contribution >= 4 is 5.91 Å². The smallest absolute Gasteiger partial charge is 0.222 e. The Balaban J connectivity index is 0.00000352. The molecule has 3 heteroatoms. The summed E-state index contributed by atoms with van der Waals surface area (Å²) in [6.07, 6.45) is 20.6. The first-order valence-corrected chi connectivity index (χ1v) is 12.7. The van der Waals surface area contributed by atoms with Gasteiger partial charge in [0.1, 0.15) is 0 Å². The van der Waals surface area contributed by atoms with Crippen LogP contribution in [0.5, 0.6) is 0 Å². The maximum absolute atomic E-state index is 12.4. The Morgan fingerprint density at radius 3 is 1.82 bits per heavy atom. The van der Waals surface area contributed by atoms with Gasteiger partial charge in [0.25, 0.3) is 0 Å². The van der Waals surface area contributed by atoms with Crippen molar-refractivity contribution < 1.29 is 9.53 Å². The van der Waals surface area contributed by atoms with Gasteiger partial charge in [0, 0.05) is 19.6 Å². The van der Waals surface area contributed by atoms with E-state index >= 15 is 0 Å². The molecule has 0 aromatic carbocycles. The summed E-state index contributed by atoms with van der Waals surface area (Å²) in [5.74, 6) is 0.357. The van der Waals surface area contributed by atoms with Gasteiger partial charge in [-0.15, -0.1) is 0 Å². The molecule has 1 aliphatic rings. The van der Waals surface area contributed by atoms with E-state index in [9.17, 15) is 4.79 Å². The van der Waals surface area contributed by atoms with Gasteiger partial charge in [-0.05, 0) is 26.2 Å². The molecule has 0 spiro atoms.